The van der Waals surface area contributed by atoms with Crippen LogP contribution in [0.2, 0.25) is 0 Å². The summed E-state index contributed by atoms with van der Waals surface area (Å²) in [4.78, 5) is 32.6. The standard InChI is InChI=1S/C19H17N3O4/c1-12-13(20-19(26-12)16-8-5-9-25-16)10-17(23)22-11-18(24)21(2)14-6-3-4-7-15(14)22/h3-9H,10-11H2,1-2H3. The third kappa shape index (κ3) is 2.67. The number of carbonyl (C=O) groups is 2. The van der Waals surface area contributed by atoms with Crippen molar-refractivity contribution >= 4 is 23.2 Å². The van der Waals surface area contributed by atoms with Gasteiger partial charge in [0.05, 0.1) is 29.8 Å². The van der Waals surface area contributed by atoms with Gasteiger partial charge in [-0.05, 0) is 31.2 Å². The number of hydrogen-bond acceptors (Lipinski definition) is 5. The third-order valence-electron chi connectivity index (χ3n) is 4.45. The van der Waals surface area contributed by atoms with Crippen LogP contribution in [0.1, 0.15) is 11.5 Å². The topological polar surface area (TPSA) is 79.8 Å². The second kappa shape index (κ2) is 6.18. The largest absolute Gasteiger partial charge is 0.459 e. The van der Waals surface area contributed by atoms with E-state index in [0.717, 1.165) is 0 Å². The van der Waals surface area contributed by atoms with Gasteiger partial charge in [0.2, 0.25) is 11.8 Å². The Labute approximate surface area is 149 Å². The van der Waals surface area contributed by atoms with E-state index in [4.69, 9.17) is 8.83 Å². The zero-order valence-corrected chi connectivity index (χ0v) is 14.4. The van der Waals surface area contributed by atoms with Crippen molar-refractivity contribution in [2.75, 3.05) is 23.4 Å². The molecule has 0 saturated carbocycles. The fraction of sp³-hybridized carbons (Fsp3) is 0.211. The minimum Gasteiger partial charge on any atom is -0.459 e. The number of aromatic nitrogens is 1. The Kier molecular flexibility index (Phi) is 3.84. The summed E-state index contributed by atoms with van der Waals surface area (Å²) in [6.45, 7) is 1.76. The number of amides is 2. The Morgan fingerprint density at radius 2 is 1.96 bits per heavy atom. The number of rotatable bonds is 3. The van der Waals surface area contributed by atoms with Crippen molar-refractivity contribution in [3.63, 3.8) is 0 Å². The van der Waals surface area contributed by atoms with Crippen LogP contribution in [0.4, 0.5) is 11.4 Å². The lowest BCUT2D eigenvalue weighted by Crippen LogP contribution is -2.47. The van der Waals surface area contributed by atoms with E-state index in [2.05, 4.69) is 4.98 Å². The molecule has 0 saturated heterocycles. The summed E-state index contributed by atoms with van der Waals surface area (Å²) < 4.78 is 10.9. The number of hydrogen-bond donors (Lipinski definition) is 0. The quantitative estimate of drug-likeness (QED) is 0.725. The summed E-state index contributed by atoms with van der Waals surface area (Å²) in [6, 6.07) is 10.8. The molecule has 3 heterocycles. The summed E-state index contributed by atoms with van der Waals surface area (Å²) in [5.41, 5.74) is 1.96. The lowest BCUT2D eigenvalue weighted by atomic mass is 10.1. The summed E-state index contributed by atoms with van der Waals surface area (Å²) in [5, 5.41) is 0. The first-order valence-corrected chi connectivity index (χ1v) is 8.20. The molecular weight excluding hydrogens is 334 g/mol. The van der Waals surface area contributed by atoms with Gasteiger partial charge < -0.3 is 18.6 Å². The number of fused-ring (bicyclic) bond motifs is 1. The number of furan rings is 1. The van der Waals surface area contributed by atoms with Gasteiger partial charge in [-0.25, -0.2) is 4.98 Å². The molecule has 0 fully saturated rings. The molecule has 0 N–H and O–H groups in total. The average Bonchev–Trinajstić information content (AvgIpc) is 3.28. The maximum atomic E-state index is 12.9. The van der Waals surface area contributed by atoms with Crippen LogP contribution in [0.15, 0.2) is 51.5 Å². The van der Waals surface area contributed by atoms with Crippen molar-refractivity contribution in [2.24, 2.45) is 0 Å². The highest BCUT2D eigenvalue weighted by atomic mass is 16.4. The van der Waals surface area contributed by atoms with Gasteiger partial charge in [0.15, 0.2) is 5.76 Å². The molecular formula is C19H17N3O4. The zero-order valence-electron chi connectivity index (χ0n) is 14.4. The molecule has 26 heavy (non-hydrogen) atoms. The van der Waals surface area contributed by atoms with E-state index in [1.165, 1.54) is 11.2 Å². The van der Waals surface area contributed by atoms with E-state index in [-0.39, 0.29) is 24.8 Å². The number of para-hydroxylation sites is 2. The summed E-state index contributed by atoms with van der Waals surface area (Å²) >= 11 is 0. The van der Waals surface area contributed by atoms with Gasteiger partial charge in [-0.2, -0.15) is 0 Å². The molecule has 132 valence electrons. The molecule has 0 atom stereocenters. The maximum Gasteiger partial charge on any atom is 0.263 e. The predicted octanol–water partition coefficient (Wildman–Crippen LogP) is 2.80. The number of oxazole rings is 1. The fourth-order valence-corrected chi connectivity index (χ4v) is 3.00. The number of carbonyl (C=O) groups excluding carboxylic acids is 2. The second-order valence-corrected chi connectivity index (χ2v) is 6.10. The SMILES string of the molecule is Cc1oc(-c2ccco2)nc1CC(=O)N1CC(=O)N(C)c2ccccc21. The second-order valence-electron chi connectivity index (χ2n) is 6.10. The van der Waals surface area contributed by atoms with Crippen molar-refractivity contribution in [1.29, 1.82) is 0 Å². The fourth-order valence-electron chi connectivity index (χ4n) is 3.00. The molecule has 0 radical (unpaired) electrons. The number of nitrogens with zero attached hydrogens (tertiary/aromatic N) is 3. The van der Waals surface area contributed by atoms with Crippen LogP contribution in [0.5, 0.6) is 0 Å². The molecule has 0 unspecified atom stereocenters. The average molecular weight is 351 g/mol. The van der Waals surface area contributed by atoms with E-state index < -0.39 is 0 Å². The molecule has 7 heteroatoms. The molecule has 0 bridgehead atoms. The van der Waals surface area contributed by atoms with E-state index >= 15 is 0 Å². The van der Waals surface area contributed by atoms with Gasteiger partial charge >= 0.3 is 0 Å². The Hall–Kier alpha value is -3.35. The lowest BCUT2D eigenvalue weighted by molar-refractivity contribution is -0.122. The number of anilines is 2. The van der Waals surface area contributed by atoms with Crippen LogP contribution in [0, 0.1) is 6.92 Å². The molecule has 1 aliphatic rings. The molecule has 2 aromatic heterocycles. The van der Waals surface area contributed by atoms with Gasteiger partial charge in [0, 0.05) is 7.05 Å². The van der Waals surface area contributed by atoms with Crippen molar-refractivity contribution in [2.45, 2.75) is 13.3 Å². The molecule has 1 aromatic carbocycles. The number of likely N-dealkylation sites (N-methyl/N-ethyl adjacent to an activating group) is 1. The van der Waals surface area contributed by atoms with Gasteiger partial charge in [-0.15, -0.1) is 0 Å². The van der Waals surface area contributed by atoms with E-state index in [0.29, 0.717) is 34.5 Å². The highest BCUT2D eigenvalue weighted by Gasteiger charge is 2.31. The van der Waals surface area contributed by atoms with Gasteiger partial charge in [0.25, 0.3) is 5.89 Å². The first-order chi connectivity index (χ1) is 12.5. The smallest absolute Gasteiger partial charge is 0.263 e. The first-order valence-electron chi connectivity index (χ1n) is 8.20. The highest BCUT2D eigenvalue weighted by molar-refractivity contribution is 6.11. The zero-order chi connectivity index (χ0) is 18.3. The van der Waals surface area contributed by atoms with Gasteiger partial charge in [-0.1, -0.05) is 12.1 Å². The van der Waals surface area contributed by atoms with E-state index in [9.17, 15) is 9.59 Å². The van der Waals surface area contributed by atoms with Crippen molar-refractivity contribution in [3.8, 4) is 11.7 Å². The molecule has 4 rings (SSSR count). The van der Waals surface area contributed by atoms with Crippen LogP contribution in [0.3, 0.4) is 0 Å². The first kappa shape index (κ1) is 16.1. The highest BCUT2D eigenvalue weighted by Crippen LogP contribution is 2.33. The molecule has 0 aliphatic carbocycles. The lowest BCUT2D eigenvalue weighted by Gasteiger charge is -2.34. The van der Waals surface area contributed by atoms with Crippen LogP contribution in [0.25, 0.3) is 11.7 Å². The molecule has 1 aliphatic heterocycles. The van der Waals surface area contributed by atoms with E-state index in [1.807, 2.05) is 24.3 Å². The normalized spacial score (nSPS) is 13.8. The predicted molar refractivity (Wildman–Crippen MR) is 94.9 cm³/mol. The number of aryl methyl sites for hydroxylation is 1. The monoisotopic (exact) mass is 351 g/mol. The van der Waals surface area contributed by atoms with Crippen LogP contribution in [-0.2, 0) is 16.0 Å². The Bertz CT molecular complexity index is 975. The minimum atomic E-state index is -0.207. The Morgan fingerprint density at radius 3 is 2.69 bits per heavy atom. The molecule has 7 nitrogen and oxygen atoms in total. The van der Waals surface area contributed by atoms with Crippen LogP contribution < -0.4 is 9.80 Å². The van der Waals surface area contributed by atoms with Crippen LogP contribution in [-0.4, -0.2) is 30.4 Å². The van der Waals surface area contributed by atoms with E-state index in [1.54, 1.807) is 31.0 Å². The summed E-state index contributed by atoms with van der Waals surface area (Å²) in [5.74, 6) is 1.06. The number of benzene rings is 1. The third-order valence-corrected chi connectivity index (χ3v) is 4.45. The molecule has 3 aromatic rings. The minimum absolute atomic E-state index is 0.00822. The van der Waals surface area contributed by atoms with Crippen molar-refractivity contribution in [3.05, 3.63) is 54.1 Å². The van der Waals surface area contributed by atoms with Crippen molar-refractivity contribution < 1.29 is 18.4 Å². The van der Waals surface area contributed by atoms with Crippen molar-refractivity contribution in [1.82, 2.24) is 4.98 Å². The molecule has 2 amide bonds. The van der Waals surface area contributed by atoms with Gasteiger partial charge in [0.1, 0.15) is 12.3 Å². The summed E-state index contributed by atoms with van der Waals surface area (Å²) in [7, 11) is 1.71. The van der Waals surface area contributed by atoms with Crippen LogP contribution >= 0.6 is 0 Å². The summed E-state index contributed by atoms with van der Waals surface area (Å²) in [6.07, 6.45) is 1.58. The molecule has 0 spiro atoms. The Morgan fingerprint density at radius 1 is 1.19 bits per heavy atom. The Balaban J connectivity index is 1.61. The maximum absolute atomic E-state index is 12.9. The van der Waals surface area contributed by atoms with Gasteiger partial charge in [-0.3, -0.25) is 9.59 Å².